The molecule has 188 valence electrons. The summed E-state index contributed by atoms with van der Waals surface area (Å²) in [5.74, 6) is -1.81. The van der Waals surface area contributed by atoms with Crippen LogP contribution in [0.3, 0.4) is 0 Å². The first-order valence-corrected chi connectivity index (χ1v) is 12.8. The first-order valence-electron chi connectivity index (χ1n) is 10.3. The van der Waals surface area contributed by atoms with Gasteiger partial charge in [-0.2, -0.15) is 24.5 Å². The predicted molar refractivity (Wildman–Crippen MR) is 125 cm³/mol. The quantitative estimate of drug-likeness (QED) is 0.447. The number of fused-ring (bicyclic) bond motifs is 1. The number of alkyl halides is 3. The van der Waals surface area contributed by atoms with E-state index in [4.69, 9.17) is 20.4 Å². The van der Waals surface area contributed by atoms with E-state index in [1.807, 2.05) is 36.4 Å². The SMILES string of the molecule is NC1COc2ccc(CNS(=O)(=O)c3ccsc3)cc2C1Cc1ccccc1.O=C(O)C(F)(F)F. The molecule has 7 nitrogen and oxygen atoms in total. The lowest BCUT2D eigenvalue weighted by Crippen LogP contribution is -2.39. The Kier molecular flexibility index (Phi) is 8.54. The van der Waals surface area contributed by atoms with Gasteiger partial charge in [-0.3, -0.25) is 0 Å². The van der Waals surface area contributed by atoms with Gasteiger partial charge in [0.1, 0.15) is 12.4 Å². The van der Waals surface area contributed by atoms with Gasteiger partial charge >= 0.3 is 12.1 Å². The van der Waals surface area contributed by atoms with Crippen LogP contribution in [0.1, 0.15) is 22.6 Å². The van der Waals surface area contributed by atoms with Gasteiger partial charge in [0.05, 0.1) is 4.90 Å². The number of hydrogen-bond acceptors (Lipinski definition) is 6. The molecule has 1 aliphatic rings. The zero-order chi connectivity index (χ0) is 25.6. The number of nitrogens with two attached hydrogens (primary N) is 1. The van der Waals surface area contributed by atoms with E-state index in [0.717, 1.165) is 23.3 Å². The van der Waals surface area contributed by atoms with Crippen LogP contribution in [0.2, 0.25) is 0 Å². The van der Waals surface area contributed by atoms with Crippen LogP contribution in [0.5, 0.6) is 5.75 Å². The molecule has 2 atom stereocenters. The Morgan fingerprint density at radius 1 is 1.14 bits per heavy atom. The van der Waals surface area contributed by atoms with Crippen LogP contribution in [-0.2, 0) is 27.8 Å². The first kappa shape index (κ1) is 26.7. The van der Waals surface area contributed by atoms with Crippen molar-refractivity contribution in [2.24, 2.45) is 5.73 Å². The van der Waals surface area contributed by atoms with Gasteiger partial charge in [-0.25, -0.2) is 17.9 Å². The molecule has 1 aromatic heterocycles. The van der Waals surface area contributed by atoms with E-state index in [0.29, 0.717) is 11.5 Å². The van der Waals surface area contributed by atoms with Crippen LogP contribution >= 0.6 is 11.3 Å². The van der Waals surface area contributed by atoms with Crippen molar-refractivity contribution >= 4 is 27.3 Å². The van der Waals surface area contributed by atoms with Crippen LogP contribution in [0.4, 0.5) is 13.2 Å². The molecule has 0 amide bonds. The van der Waals surface area contributed by atoms with Crippen LogP contribution in [-0.4, -0.2) is 38.3 Å². The number of halogens is 3. The molecule has 0 saturated carbocycles. The molecule has 2 aromatic carbocycles. The third-order valence-corrected chi connectivity index (χ3v) is 7.47. The number of aliphatic carboxylic acids is 1. The summed E-state index contributed by atoms with van der Waals surface area (Å²) >= 11 is 1.36. The predicted octanol–water partition coefficient (Wildman–Crippen LogP) is 3.91. The third kappa shape index (κ3) is 7.28. The summed E-state index contributed by atoms with van der Waals surface area (Å²) in [6.07, 6.45) is -4.26. The zero-order valence-electron chi connectivity index (χ0n) is 18.2. The maximum Gasteiger partial charge on any atom is 0.490 e. The van der Waals surface area contributed by atoms with Crippen molar-refractivity contribution in [1.82, 2.24) is 4.72 Å². The lowest BCUT2D eigenvalue weighted by Gasteiger charge is -2.32. The molecule has 0 fully saturated rings. The summed E-state index contributed by atoms with van der Waals surface area (Å²) in [5, 5.41) is 10.5. The standard InChI is InChI=1S/C21H22N2O3S2.C2HF3O2/c22-20-13-26-21-7-6-16(12-23-28(24,25)17-8-9-27-14-17)11-19(21)18(20)10-15-4-2-1-3-5-15;3-2(4,5)1(6)7/h1-9,11,14,18,20,23H,10,12-13,22H2;(H,6,7). The fourth-order valence-electron chi connectivity index (χ4n) is 3.46. The van der Waals surface area contributed by atoms with Gasteiger partial charge in [-0.15, -0.1) is 0 Å². The monoisotopic (exact) mass is 528 g/mol. The number of carbonyl (C=O) groups is 1. The van der Waals surface area contributed by atoms with Crippen molar-refractivity contribution in [3.8, 4) is 5.75 Å². The summed E-state index contributed by atoms with van der Waals surface area (Å²) in [4.78, 5) is 9.19. The average Bonchev–Trinajstić information content (AvgIpc) is 3.36. The number of ether oxygens (including phenoxy) is 1. The molecule has 0 aliphatic carbocycles. The zero-order valence-corrected chi connectivity index (χ0v) is 19.9. The van der Waals surface area contributed by atoms with Gasteiger partial charge in [0.15, 0.2) is 0 Å². The number of rotatable bonds is 6. The van der Waals surface area contributed by atoms with Crippen molar-refractivity contribution in [3.63, 3.8) is 0 Å². The highest BCUT2D eigenvalue weighted by Gasteiger charge is 2.38. The summed E-state index contributed by atoms with van der Waals surface area (Å²) in [5.41, 5.74) is 9.50. The highest BCUT2D eigenvalue weighted by atomic mass is 32.2. The fourth-order valence-corrected chi connectivity index (χ4v) is 5.50. The van der Waals surface area contributed by atoms with Gasteiger partial charge in [0.2, 0.25) is 10.0 Å². The molecule has 3 aromatic rings. The maximum absolute atomic E-state index is 12.4. The number of carboxylic acid groups (broad SMARTS) is 1. The van der Waals surface area contributed by atoms with Gasteiger partial charge in [0, 0.05) is 23.9 Å². The number of sulfonamides is 1. The molecule has 4 N–H and O–H groups in total. The Hall–Kier alpha value is -2.93. The number of nitrogens with one attached hydrogen (secondary N) is 1. The number of carboxylic acids is 1. The molecule has 0 saturated heterocycles. The normalized spacial score (nSPS) is 17.5. The maximum atomic E-state index is 12.4. The molecule has 2 unspecified atom stereocenters. The Morgan fingerprint density at radius 3 is 2.43 bits per heavy atom. The molecule has 0 spiro atoms. The molecular formula is C23H23F3N2O5S2. The minimum absolute atomic E-state index is 0.106. The third-order valence-electron chi connectivity index (χ3n) is 5.23. The molecule has 0 bridgehead atoms. The lowest BCUT2D eigenvalue weighted by molar-refractivity contribution is -0.192. The van der Waals surface area contributed by atoms with E-state index in [-0.39, 0.29) is 18.5 Å². The van der Waals surface area contributed by atoms with Crippen molar-refractivity contribution in [1.29, 1.82) is 0 Å². The van der Waals surface area contributed by atoms with Crippen molar-refractivity contribution < 1.29 is 36.2 Å². The highest BCUT2D eigenvalue weighted by molar-refractivity contribution is 7.89. The first-order chi connectivity index (χ1) is 16.5. The fraction of sp³-hybridized carbons (Fsp3) is 0.261. The van der Waals surface area contributed by atoms with Gasteiger partial charge < -0.3 is 15.6 Å². The molecule has 35 heavy (non-hydrogen) atoms. The van der Waals surface area contributed by atoms with Crippen LogP contribution in [0, 0.1) is 0 Å². The second kappa shape index (κ2) is 11.2. The van der Waals surface area contributed by atoms with E-state index in [1.54, 1.807) is 16.8 Å². The summed E-state index contributed by atoms with van der Waals surface area (Å²) < 4.78 is 64.9. The smallest absolute Gasteiger partial charge is 0.490 e. The second-order valence-electron chi connectivity index (χ2n) is 7.73. The number of benzene rings is 2. The Labute approximate surface area is 204 Å². The highest BCUT2D eigenvalue weighted by Crippen LogP contribution is 2.36. The summed E-state index contributed by atoms with van der Waals surface area (Å²) in [6, 6.07) is 17.6. The molecule has 2 heterocycles. The van der Waals surface area contributed by atoms with Gasteiger partial charge in [0.25, 0.3) is 0 Å². The van der Waals surface area contributed by atoms with Gasteiger partial charge in [-0.1, -0.05) is 42.5 Å². The molecule has 0 radical (unpaired) electrons. The van der Waals surface area contributed by atoms with Crippen molar-refractivity contribution in [3.05, 3.63) is 82.0 Å². The number of thiophene rings is 1. The van der Waals surface area contributed by atoms with E-state index < -0.39 is 22.2 Å². The van der Waals surface area contributed by atoms with Crippen LogP contribution < -0.4 is 15.2 Å². The average molecular weight is 529 g/mol. The van der Waals surface area contributed by atoms with E-state index in [1.165, 1.54) is 16.9 Å². The minimum Gasteiger partial charge on any atom is -0.492 e. The van der Waals surface area contributed by atoms with Crippen molar-refractivity contribution in [2.45, 2.75) is 36.0 Å². The Bertz CT molecular complexity index is 1230. The Morgan fingerprint density at radius 2 is 1.83 bits per heavy atom. The molecule has 4 rings (SSSR count). The molecular weight excluding hydrogens is 505 g/mol. The summed E-state index contributed by atoms with van der Waals surface area (Å²) in [7, 11) is -3.50. The largest absolute Gasteiger partial charge is 0.492 e. The van der Waals surface area contributed by atoms with Crippen LogP contribution in [0.25, 0.3) is 0 Å². The molecule has 12 heteroatoms. The second-order valence-corrected chi connectivity index (χ2v) is 10.3. The van der Waals surface area contributed by atoms with Crippen molar-refractivity contribution in [2.75, 3.05) is 6.61 Å². The lowest BCUT2D eigenvalue weighted by atomic mass is 9.84. The Balaban J connectivity index is 0.000000429. The van der Waals surface area contributed by atoms with Crippen LogP contribution in [0.15, 0.2) is 70.3 Å². The summed E-state index contributed by atoms with van der Waals surface area (Å²) in [6.45, 7) is 0.702. The van der Waals surface area contributed by atoms with E-state index in [9.17, 15) is 21.6 Å². The number of hydrogen-bond donors (Lipinski definition) is 3. The van der Waals surface area contributed by atoms with E-state index in [2.05, 4.69) is 16.9 Å². The molecule has 1 aliphatic heterocycles. The minimum atomic E-state index is -5.08. The van der Waals surface area contributed by atoms with E-state index >= 15 is 0 Å². The topological polar surface area (TPSA) is 119 Å². The van der Waals surface area contributed by atoms with Gasteiger partial charge in [-0.05, 0) is 40.6 Å².